The van der Waals surface area contributed by atoms with Crippen LogP contribution in [0.4, 0.5) is 0 Å². The smallest absolute Gasteiger partial charge is 0.0770 e. The predicted molar refractivity (Wildman–Crippen MR) is 44.1 cm³/mol. The van der Waals surface area contributed by atoms with Crippen molar-refractivity contribution in [2.24, 2.45) is 5.73 Å². The van der Waals surface area contributed by atoms with Gasteiger partial charge in [-0.3, -0.25) is 0 Å². The van der Waals surface area contributed by atoms with Gasteiger partial charge in [0.1, 0.15) is 0 Å². The van der Waals surface area contributed by atoms with Gasteiger partial charge in [0.15, 0.2) is 0 Å². The van der Waals surface area contributed by atoms with Crippen LogP contribution < -0.4 is 5.73 Å². The minimum Gasteiger partial charge on any atom is -0.400 e. The topological polar surface area (TPSA) is 86.7 Å². The van der Waals surface area contributed by atoms with Crippen molar-refractivity contribution < 1.29 is 15.3 Å². The zero-order valence-corrected chi connectivity index (χ0v) is 7.03. The standard InChI is InChI=1S/C6H15NO2.CH4O/c7-4-2-1-3-6(9)5-8;1-2/h6,8-9H,1-5,7H2;2H,1H3. The molecular formula is C7H19NO3. The van der Waals surface area contributed by atoms with E-state index >= 15 is 0 Å². The number of hydrogen-bond donors (Lipinski definition) is 4. The third-order valence-corrected chi connectivity index (χ3v) is 1.20. The molecule has 0 fully saturated rings. The highest BCUT2D eigenvalue weighted by Gasteiger charge is 1.98. The summed E-state index contributed by atoms with van der Waals surface area (Å²) in [6.07, 6.45) is 1.94. The summed E-state index contributed by atoms with van der Waals surface area (Å²) in [5.74, 6) is 0. The van der Waals surface area contributed by atoms with Crippen molar-refractivity contribution >= 4 is 0 Å². The minimum absolute atomic E-state index is 0.134. The average Bonchev–Trinajstić information content (AvgIpc) is 2.08. The summed E-state index contributed by atoms with van der Waals surface area (Å²) in [4.78, 5) is 0. The molecule has 70 valence electrons. The first-order chi connectivity index (χ1) is 5.31. The Morgan fingerprint density at radius 2 is 1.82 bits per heavy atom. The van der Waals surface area contributed by atoms with E-state index in [1.165, 1.54) is 0 Å². The third-order valence-electron chi connectivity index (χ3n) is 1.20. The Labute approximate surface area is 67.7 Å². The summed E-state index contributed by atoms with van der Waals surface area (Å²) in [6.45, 7) is 0.530. The minimum atomic E-state index is -0.545. The first-order valence-electron chi connectivity index (χ1n) is 3.75. The van der Waals surface area contributed by atoms with Gasteiger partial charge in [0.2, 0.25) is 0 Å². The molecule has 4 nitrogen and oxygen atoms in total. The molecule has 0 saturated heterocycles. The van der Waals surface area contributed by atoms with E-state index in [-0.39, 0.29) is 6.61 Å². The van der Waals surface area contributed by atoms with Crippen LogP contribution in [0.2, 0.25) is 0 Å². The second kappa shape index (κ2) is 12.5. The maximum atomic E-state index is 8.79. The van der Waals surface area contributed by atoms with Crippen molar-refractivity contribution in [2.45, 2.75) is 25.4 Å². The molecule has 1 atom stereocenters. The fourth-order valence-electron chi connectivity index (χ4n) is 0.616. The van der Waals surface area contributed by atoms with E-state index in [2.05, 4.69) is 0 Å². The van der Waals surface area contributed by atoms with Crippen LogP contribution in [0, 0.1) is 0 Å². The number of unbranched alkanes of at least 4 members (excludes halogenated alkanes) is 1. The van der Waals surface area contributed by atoms with Crippen molar-refractivity contribution in [3.63, 3.8) is 0 Å². The Bertz CT molecular complexity index is 61.6. The molecule has 0 saturated carbocycles. The number of nitrogens with two attached hydrogens (primary N) is 1. The highest BCUT2D eigenvalue weighted by atomic mass is 16.3. The zero-order valence-electron chi connectivity index (χ0n) is 7.03. The normalized spacial score (nSPS) is 11.7. The van der Waals surface area contributed by atoms with Crippen LogP contribution in [0.15, 0.2) is 0 Å². The highest BCUT2D eigenvalue weighted by molar-refractivity contribution is 4.52. The first-order valence-corrected chi connectivity index (χ1v) is 3.75. The number of aliphatic hydroxyl groups is 3. The van der Waals surface area contributed by atoms with Gasteiger partial charge in [0.05, 0.1) is 12.7 Å². The SMILES string of the molecule is CO.NCCCCC(O)CO. The molecule has 11 heavy (non-hydrogen) atoms. The summed E-state index contributed by atoms with van der Waals surface area (Å²) in [6, 6.07) is 0. The summed E-state index contributed by atoms with van der Waals surface area (Å²) < 4.78 is 0. The van der Waals surface area contributed by atoms with Crippen molar-refractivity contribution in [1.82, 2.24) is 0 Å². The Morgan fingerprint density at radius 3 is 2.18 bits per heavy atom. The van der Waals surface area contributed by atoms with Crippen LogP contribution >= 0.6 is 0 Å². The fourth-order valence-corrected chi connectivity index (χ4v) is 0.616. The lowest BCUT2D eigenvalue weighted by molar-refractivity contribution is 0.0863. The van der Waals surface area contributed by atoms with Gasteiger partial charge in [-0.25, -0.2) is 0 Å². The van der Waals surface area contributed by atoms with Gasteiger partial charge in [0.25, 0.3) is 0 Å². The largest absolute Gasteiger partial charge is 0.400 e. The molecule has 1 unspecified atom stereocenters. The predicted octanol–water partition coefficient (Wildman–Crippen LogP) is -0.923. The summed E-state index contributed by atoms with van der Waals surface area (Å²) in [5.41, 5.74) is 5.21. The van der Waals surface area contributed by atoms with Crippen LogP contribution in [0.3, 0.4) is 0 Å². The van der Waals surface area contributed by atoms with Crippen molar-refractivity contribution in [3.8, 4) is 0 Å². The van der Waals surface area contributed by atoms with E-state index in [0.29, 0.717) is 13.0 Å². The molecule has 5 N–H and O–H groups in total. The maximum absolute atomic E-state index is 8.79. The van der Waals surface area contributed by atoms with Gasteiger partial charge in [-0.05, 0) is 25.8 Å². The molecule has 0 aliphatic carbocycles. The summed E-state index contributed by atoms with van der Waals surface area (Å²) in [5, 5.41) is 24.1. The molecule has 0 bridgehead atoms. The van der Waals surface area contributed by atoms with Gasteiger partial charge < -0.3 is 21.1 Å². The molecule has 0 aromatic rings. The molecule has 4 heteroatoms. The van der Waals surface area contributed by atoms with Gasteiger partial charge in [0, 0.05) is 7.11 Å². The van der Waals surface area contributed by atoms with E-state index in [0.717, 1.165) is 20.0 Å². The van der Waals surface area contributed by atoms with Gasteiger partial charge in [-0.2, -0.15) is 0 Å². The van der Waals surface area contributed by atoms with Crippen molar-refractivity contribution in [1.29, 1.82) is 0 Å². The summed E-state index contributed by atoms with van der Waals surface area (Å²) in [7, 11) is 1.00. The first kappa shape index (κ1) is 13.4. The van der Waals surface area contributed by atoms with Crippen LogP contribution in [-0.2, 0) is 0 Å². The van der Waals surface area contributed by atoms with Crippen LogP contribution in [0.1, 0.15) is 19.3 Å². The van der Waals surface area contributed by atoms with Gasteiger partial charge in [-0.1, -0.05) is 0 Å². The van der Waals surface area contributed by atoms with E-state index in [4.69, 9.17) is 21.1 Å². The average molecular weight is 165 g/mol. The van der Waals surface area contributed by atoms with Crippen molar-refractivity contribution in [2.75, 3.05) is 20.3 Å². The molecule has 0 aromatic heterocycles. The van der Waals surface area contributed by atoms with Gasteiger partial charge in [-0.15, -0.1) is 0 Å². The van der Waals surface area contributed by atoms with E-state index in [9.17, 15) is 0 Å². The molecule has 0 amide bonds. The number of aliphatic hydroxyl groups excluding tert-OH is 3. The molecule has 0 radical (unpaired) electrons. The zero-order chi connectivity index (χ0) is 9.11. The Kier molecular flexibility index (Phi) is 15.3. The second-order valence-electron chi connectivity index (χ2n) is 2.12. The van der Waals surface area contributed by atoms with E-state index < -0.39 is 6.10 Å². The third kappa shape index (κ3) is 12.9. The molecular weight excluding hydrogens is 146 g/mol. The van der Waals surface area contributed by atoms with E-state index in [1.807, 2.05) is 0 Å². The monoisotopic (exact) mass is 165 g/mol. The molecule has 0 aromatic carbocycles. The van der Waals surface area contributed by atoms with Crippen molar-refractivity contribution in [3.05, 3.63) is 0 Å². The van der Waals surface area contributed by atoms with E-state index in [1.54, 1.807) is 0 Å². The fraction of sp³-hybridized carbons (Fsp3) is 1.00. The Hall–Kier alpha value is -0.160. The molecule has 0 aliphatic heterocycles. The molecule has 0 heterocycles. The van der Waals surface area contributed by atoms with Crippen LogP contribution in [-0.4, -0.2) is 41.7 Å². The second-order valence-corrected chi connectivity index (χ2v) is 2.12. The summed E-state index contributed by atoms with van der Waals surface area (Å²) >= 11 is 0. The van der Waals surface area contributed by atoms with Gasteiger partial charge >= 0.3 is 0 Å². The number of rotatable bonds is 5. The lowest BCUT2D eigenvalue weighted by Gasteiger charge is -2.04. The maximum Gasteiger partial charge on any atom is 0.0770 e. The Morgan fingerprint density at radius 1 is 1.27 bits per heavy atom. The lowest BCUT2D eigenvalue weighted by Crippen LogP contribution is -2.12. The van der Waals surface area contributed by atoms with Crippen LogP contribution in [0.5, 0.6) is 0 Å². The highest BCUT2D eigenvalue weighted by Crippen LogP contribution is 1.97. The molecule has 0 rings (SSSR count). The van der Waals surface area contributed by atoms with Crippen LogP contribution in [0.25, 0.3) is 0 Å². The molecule has 0 spiro atoms. The quantitative estimate of drug-likeness (QED) is 0.397. The lowest BCUT2D eigenvalue weighted by atomic mass is 10.2. The molecule has 0 aliphatic rings. The number of hydrogen-bond acceptors (Lipinski definition) is 4. The Balaban J connectivity index is 0.